The Bertz CT molecular complexity index is 518. The van der Waals surface area contributed by atoms with Gasteiger partial charge in [-0.05, 0) is 43.5 Å². The molecule has 1 amide bonds. The van der Waals surface area contributed by atoms with Crippen LogP contribution in [0, 0.1) is 0 Å². The van der Waals surface area contributed by atoms with Gasteiger partial charge in [0.1, 0.15) is 5.60 Å². The maximum atomic E-state index is 12.0. The highest BCUT2D eigenvalue weighted by Gasteiger charge is 2.27. The van der Waals surface area contributed by atoms with Crippen molar-refractivity contribution in [3.05, 3.63) is 34.9 Å². The third-order valence-corrected chi connectivity index (χ3v) is 2.81. The second-order valence-electron chi connectivity index (χ2n) is 5.61. The molecule has 1 aromatic carbocycles. The maximum Gasteiger partial charge on any atom is 0.410 e. The SMILES string of the molecule is CC(C)(C)OC(=O)N1Cc2ccc(/C=N/O)cc2C1. The third-order valence-electron chi connectivity index (χ3n) is 2.81. The number of carbonyl (C=O) groups is 1. The molecule has 19 heavy (non-hydrogen) atoms. The molecule has 0 bridgehead atoms. The molecular formula is C14H18N2O3. The van der Waals surface area contributed by atoms with Crippen LogP contribution < -0.4 is 0 Å². The minimum absolute atomic E-state index is 0.305. The van der Waals surface area contributed by atoms with Gasteiger partial charge in [0.15, 0.2) is 0 Å². The topological polar surface area (TPSA) is 62.1 Å². The molecule has 0 aliphatic carbocycles. The average molecular weight is 262 g/mol. The summed E-state index contributed by atoms with van der Waals surface area (Å²) in [5.74, 6) is 0. The summed E-state index contributed by atoms with van der Waals surface area (Å²) >= 11 is 0. The highest BCUT2D eigenvalue weighted by atomic mass is 16.6. The first-order valence-electron chi connectivity index (χ1n) is 6.16. The number of nitrogens with zero attached hydrogens (tertiary/aromatic N) is 2. The zero-order valence-corrected chi connectivity index (χ0v) is 11.4. The molecule has 1 heterocycles. The normalized spacial score (nSPS) is 14.8. The second kappa shape index (κ2) is 4.91. The van der Waals surface area contributed by atoms with E-state index in [0.29, 0.717) is 13.1 Å². The second-order valence-corrected chi connectivity index (χ2v) is 5.61. The van der Waals surface area contributed by atoms with Crippen molar-refractivity contribution >= 4 is 12.3 Å². The van der Waals surface area contributed by atoms with Gasteiger partial charge in [0.25, 0.3) is 0 Å². The van der Waals surface area contributed by atoms with Crippen LogP contribution in [0.4, 0.5) is 4.79 Å². The van der Waals surface area contributed by atoms with Gasteiger partial charge in [0.2, 0.25) is 0 Å². The minimum atomic E-state index is -0.486. The Labute approximate surface area is 112 Å². The van der Waals surface area contributed by atoms with E-state index in [1.165, 1.54) is 6.21 Å². The number of rotatable bonds is 1. The van der Waals surface area contributed by atoms with Crippen LogP contribution in [0.2, 0.25) is 0 Å². The molecule has 0 radical (unpaired) electrons. The van der Waals surface area contributed by atoms with Crippen molar-refractivity contribution in [2.75, 3.05) is 0 Å². The molecule has 5 nitrogen and oxygen atoms in total. The largest absolute Gasteiger partial charge is 0.444 e. The molecule has 1 aliphatic rings. The van der Waals surface area contributed by atoms with E-state index in [0.717, 1.165) is 16.7 Å². The predicted molar refractivity (Wildman–Crippen MR) is 71.3 cm³/mol. The van der Waals surface area contributed by atoms with E-state index in [-0.39, 0.29) is 6.09 Å². The number of benzene rings is 1. The van der Waals surface area contributed by atoms with Gasteiger partial charge in [-0.15, -0.1) is 0 Å². The maximum absolute atomic E-state index is 12.0. The van der Waals surface area contributed by atoms with Gasteiger partial charge in [0, 0.05) is 13.1 Å². The lowest BCUT2D eigenvalue weighted by Crippen LogP contribution is -2.33. The van der Waals surface area contributed by atoms with Crippen LogP contribution in [0.25, 0.3) is 0 Å². The molecule has 0 saturated carbocycles. The molecule has 5 heteroatoms. The van der Waals surface area contributed by atoms with Gasteiger partial charge in [-0.1, -0.05) is 17.3 Å². The number of fused-ring (bicyclic) bond motifs is 1. The van der Waals surface area contributed by atoms with Gasteiger partial charge in [0.05, 0.1) is 6.21 Å². The average Bonchev–Trinajstić information content (AvgIpc) is 2.70. The van der Waals surface area contributed by atoms with Crippen molar-refractivity contribution in [2.24, 2.45) is 5.16 Å². The number of carbonyl (C=O) groups excluding carboxylic acids is 1. The Balaban J connectivity index is 2.10. The van der Waals surface area contributed by atoms with E-state index in [4.69, 9.17) is 9.94 Å². The summed E-state index contributed by atoms with van der Waals surface area (Å²) in [4.78, 5) is 13.6. The number of hydrogen-bond donors (Lipinski definition) is 1. The van der Waals surface area contributed by atoms with Crippen molar-refractivity contribution < 1.29 is 14.7 Å². The summed E-state index contributed by atoms with van der Waals surface area (Å²) in [5, 5.41) is 11.5. The Hall–Kier alpha value is -2.04. The monoisotopic (exact) mass is 262 g/mol. The van der Waals surface area contributed by atoms with Crippen molar-refractivity contribution in [3.8, 4) is 0 Å². The summed E-state index contributed by atoms with van der Waals surface area (Å²) in [6.07, 6.45) is 1.07. The van der Waals surface area contributed by atoms with Crippen molar-refractivity contribution in [3.63, 3.8) is 0 Å². The summed E-state index contributed by atoms with van der Waals surface area (Å²) in [7, 11) is 0. The lowest BCUT2D eigenvalue weighted by Gasteiger charge is -2.24. The first-order valence-corrected chi connectivity index (χ1v) is 6.16. The van der Waals surface area contributed by atoms with Gasteiger partial charge >= 0.3 is 6.09 Å². The standard InChI is InChI=1S/C14H18N2O3/c1-14(2,3)19-13(17)16-8-11-5-4-10(7-15-18)6-12(11)9-16/h4-7,18H,8-9H2,1-3H3/b15-7+. The van der Waals surface area contributed by atoms with Crippen LogP contribution in [0.1, 0.15) is 37.5 Å². The Morgan fingerprint density at radius 2 is 2.05 bits per heavy atom. The number of amides is 1. The van der Waals surface area contributed by atoms with E-state index < -0.39 is 5.60 Å². The molecule has 1 aromatic rings. The van der Waals surface area contributed by atoms with Gasteiger partial charge in [-0.3, -0.25) is 4.90 Å². The van der Waals surface area contributed by atoms with Crippen LogP contribution in [0.3, 0.4) is 0 Å². The fraction of sp³-hybridized carbons (Fsp3) is 0.429. The van der Waals surface area contributed by atoms with Gasteiger partial charge in [-0.2, -0.15) is 0 Å². The fourth-order valence-corrected chi connectivity index (χ4v) is 2.02. The first kappa shape index (κ1) is 13.4. The van der Waals surface area contributed by atoms with E-state index >= 15 is 0 Å². The highest BCUT2D eigenvalue weighted by molar-refractivity contribution is 5.80. The molecule has 0 unspecified atom stereocenters. The molecule has 0 atom stereocenters. The number of ether oxygens (including phenoxy) is 1. The van der Waals surface area contributed by atoms with Crippen LogP contribution in [-0.2, 0) is 17.8 Å². The molecule has 0 aromatic heterocycles. The minimum Gasteiger partial charge on any atom is -0.444 e. The zero-order valence-electron chi connectivity index (χ0n) is 11.4. The van der Waals surface area contributed by atoms with Crippen molar-refractivity contribution in [1.29, 1.82) is 0 Å². The van der Waals surface area contributed by atoms with Crippen LogP contribution >= 0.6 is 0 Å². The van der Waals surface area contributed by atoms with Crippen LogP contribution in [-0.4, -0.2) is 28.0 Å². The molecule has 2 rings (SSSR count). The van der Waals surface area contributed by atoms with Crippen molar-refractivity contribution in [1.82, 2.24) is 4.90 Å². The quantitative estimate of drug-likeness (QED) is 0.481. The molecule has 102 valence electrons. The summed E-state index contributed by atoms with van der Waals surface area (Å²) in [6, 6.07) is 5.72. The Kier molecular flexibility index (Phi) is 3.46. The van der Waals surface area contributed by atoms with E-state index in [2.05, 4.69) is 5.16 Å². The third kappa shape index (κ3) is 3.24. The summed E-state index contributed by atoms with van der Waals surface area (Å²) in [6.45, 7) is 6.63. The molecular weight excluding hydrogens is 244 g/mol. The molecule has 0 saturated heterocycles. The van der Waals surface area contributed by atoms with Gasteiger partial charge < -0.3 is 9.94 Å². The van der Waals surface area contributed by atoms with E-state index in [1.54, 1.807) is 4.90 Å². The Morgan fingerprint density at radius 3 is 2.68 bits per heavy atom. The first-order chi connectivity index (χ1) is 8.89. The molecule has 1 aliphatic heterocycles. The molecule has 0 fully saturated rings. The smallest absolute Gasteiger partial charge is 0.410 e. The summed E-state index contributed by atoms with van der Waals surface area (Å²) < 4.78 is 5.35. The fourth-order valence-electron chi connectivity index (χ4n) is 2.02. The lowest BCUT2D eigenvalue weighted by molar-refractivity contribution is 0.0242. The van der Waals surface area contributed by atoms with E-state index in [9.17, 15) is 4.79 Å². The Morgan fingerprint density at radius 1 is 1.37 bits per heavy atom. The summed E-state index contributed by atoms with van der Waals surface area (Å²) in [5.41, 5.74) is 2.48. The zero-order chi connectivity index (χ0) is 14.0. The van der Waals surface area contributed by atoms with Crippen molar-refractivity contribution in [2.45, 2.75) is 39.5 Å². The number of hydrogen-bond acceptors (Lipinski definition) is 4. The predicted octanol–water partition coefficient (Wildman–Crippen LogP) is 2.75. The van der Waals surface area contributed by atoms with Gasteiger partial charge in [-0.25, -0.2) is 4.79 Å². The molecule has 0 spiro atoms. The number of oxime groups is 1. The molecule has 1 N–H and O–H groups in total. The highest BCUT2D eigenvalue weighted by Crippen LogP contribution is 2.25. The van der Waals surface area contributed by atoms with Crippen LogP contribution in [0.15, 0.2) is 23.4 Å². The lowest BCUT2D eigenvalue weighted by atomic mass is 10.1. The van der Waals surface area contributed by atoms with E-state index in [1.807, 2.05) is 39.0 Å². The van der Waals surface area contributed by atoms with Crippen LogP contribution in [0.5, 0.6) is 0 Å².